The Labute approximate surface area is 136 Å². The molecule has 2 aliphatic carbocycles. The van der Waals surface area contributed by atoms with Crippen LogP contribution in [0.15, 0.2) is 24.3 Å². The van der Waals surface area contributed by atoms with Gasteiger partial charge in [-0.05, 0) is 50.7 Å². The lowest BCUT2D eigenvalue weighted by Gasteiger charge is -2.30. The summed E-state index contributed by atoms with van der Waals surface area (Å²) in [4.78, 5) is 15.3. The maximum atomic E-state index is 13.1. The third-order valence-electron chi connectivity index (χ3n) is 5.27. The topological polar surface area (TPSA) is 49.0 Å². The Morgan fingerprint density at radius 1 is 1.26 bits per heavy atom. The lowest BCUT2D eigenvalue weighted by atomic mass is 10.0. The van der Waals surface area contributed by atoms with Crippen molar-refractivity contribution < 1.29 is 4.79 Å². The van der Waals surface area contributed by atoms with Crippen molar-refractivity contribution in [3.8, 4) is 0 Å². The highest BCUT2D eigenvalue weighted by atomic mass is 16.2. The first-order chi connectivity index (χ1) is 11.1. The summed E-state index contributed by atoms with van der Waals surface area (Å²) in [5.41, 5.74) is 5.78. The smallest absolute Gasteiger partial charge is 0.227 e. The van der Waals surface area contributed by atoms with E-state index in [1.54, 1.807) is 0 Å². The Hall–Kier alpha value is -2.10. The lowest BCUT2D eigenvalue weighted by molar-refractivity contribution is -0.133. The minimum absolute atomic E-state index is 0.252. The van der Waals surface area contributed by atoms with E-state index >= 15 is 0 Å². The molecule has 1 fully saturated rings. The third-order valence-corrected chi connectivity index (χ3v) is 5.27. The average Bonchev–Trinajstić information content (AvgIpc) is 3.22. The van der Waals surface area contributed by atoms with Crippen LogP contribution in [0.4, 0.5) is 0 Å². The third kappa shape index (κ3) is 2.56. The number of amides is 1. The Morgan fingerprint density at radius 3 is 2.74 bits per heavy atom. The molecule has 4 nitrogen and oxygen atoms in total. The summed E-state index contributed by atoms with van der Waals surface area (Å²) in [6, 6.07) is 9.30. The van der Waals surface area contributed by atoms with Gasteiger partial charge in [0.05, 0.1) is 18.2 Å². The number of H-pyrrole nitrogens is 1. The first-order valence-electron chi connectivity index (χ1n) is 8.54. The van der Waals surface area contributed by atoms with Crippen LogP contribution in [0.2, 0.25) is 0 Å². The molecule has 2 aliphatic rings. The summed E-state index contributed by atoms with van der Waals surface area (Å²) in [7, 11) is 0. The number of nitrogens with zero attached hydrogens (tertiary/aromatic N) is 2. The zero-order chi connectivity index (χ0) is 16.0. The number of rotatable bonds is 4. The van der Waals surface area contributed by atoms with Crippen LogP contribution in [-0.4, -0.2) is 27.0 Å². The second-order valence-corrected chi connectivity index (χ2v) is 6.87. The second-order valence-electron chi connectivity index (χ2n) is 6.87. The predicted molar refractivity (Wildman–Crippen MR) is 89.1 cm³/mol. The Kier molecular flexibility index (Phi) is 3.47. The fourth-order valence-corrected chi connectivity index (χ4v) is 3.89. The number of aromatic nitrogens is 2. The summed E-state index contributed by atoms with van der Waals surface area (Å²) >= 11 is 0. The van der Waals surface area contributed by atoms with Gasteiger partial charge < -0.3 is 4.90 Å². The van der Waals surface area contributed by atoms with Crippen molar-refractivity contribution in [1.82, 2.24) is 15.1 Å². The van der Waals surface area contributed by atoms with Gasteiger partial charge in [-0.1, -0.05) is 24.3 Å². The highest BCUT2D eigenvalue weighted by Crippen LogP contribution is 2.42. The molecule has 0 spiro atoms. The van der Waals surface area contributed by atoms with Gasteiger partial charge >= 0.3 is 0 Å². The fourth-order valence-electron chi connectivity index (χ4n) is 3.89. The van der Waals surface area contributed by atoms with Crippen molar-refractivity contribution in [2.45, 2.75) is 58.0 Å². The van der Waals surface area contributed by atoms with E-state index in [-0.39, 0.29) is 11.9 Å². The molecular formula is C19H23N3O. The zero-order valence-electron chi connectivity index (χ0n) is 13.8. The van der Waals surface area contributed by atoms with E-state index in [1.807, 2.05) is 13.8 Å². The molecule has 1 heterocycles. The van der Waals surface area contributed by atoms with Gasteiger partial charge in [-0.2, -0.15) is 5.10 Å². The first-order valence-corrected chi connectivity index (χ1v) is 8.54. The van der Waals surface area contributed by atoms with Gasteiger partial charge in [0.25, 0.3) is 0 Å². The number of nitrogens with one attached hydrogen (secondary N) is 1. The predicted octanol–water partition coefficient (Wildman–Crippen LogP) is 3.25. The van der Waals surface area contributed by atoms with Gasteiger partial charge in [-0.3, -0.25) is 9.89 Å². The van der Waals surface area contributed by atoms with E-state index in [9.17, 15) is 4.79 Å². The molecular weight excluding hydrogens is 286 g/mol. The number of carbonyl (C=O) groups excluding carboxylic acids is 1. The van der Waals surface area contributed by atoms with E-state index in [1.165, 1.54) is 11.1 Å². The molecule has 1 unspecified atom stereocenters. The number of fused-ring (bicyclic) bond motifs is 1. The van der Waals surface area contributed by atoms with Gasteiger partial charge in [0.15, 0.2) is 0 Å². The van der Waals surface area contributed by atoms with Crippen molar-refractivity contribution >= 4 is 5.91 Å². The van der Waals surface area contributed by atoms with Crippen molar-refractivity contribution in [2.24, 2.45) is 0 Å². The maximum absolute atomic E-state index is 13.1. The van der Waals surface area contributed by atoms with Gasteiger partial charge in [0.2, 0.25) is 5.91 Å². The Morgan fingerprint density at radius 2 is 2.04 bits per heavy atom. The molecule has 1 atom stereocenters. The van der Waals surface area contributed by atoms with Crippen molar-refractivity contribution in [1.29, 1.82) is 0 Å². The quantitative estimate of drug-likeness (QED) is 0.942. The zero-order valence-corrected chi connectivity index (χ0v) is 13.8. The monoisotopic (exact) mass is 309 g/mol. The van der Waals surface area contributed by atoms with Crippen LogP contribution in [0.5, 0.6) is 0 Å². The molecule has 1 aromatic heterocycles. The van der Waals surface area contributed by atoms with Crippen molar-refractivity contribution in [3.05, 3.63) is 52.3 Å². The minimum Gasteiger partial charge on any atom is -0.332 e. The van der Waals surface area contributed by atoms with E-state index in [0.717, 1.165) is 42.6 Å². The summed E-state index contributed by atoms with van der Waals surface area (Å²) in [5, 5.41) is 7.22. The normalized spacial score (nSPS) is 19.7. The molecule has 4 heteroatoms. The number of carbonyl (C=O) groups is 1. The molecule has 23 heavy (non-hydrogen) atoms. The molecule has 1 N–H and O–H groups in total. The van der Waals surface area contributed by atoms with E-state index in [4.69, 9.17) is 0 Å². The Balaban J connectivity index is 1.61. The molecule has 4 rings (SSSR count). The van der Waals surface area contributed by atoms with Gasteiger partial charge in [0.1, 0.15) is 0 Å². The Bertz CT molecular complexity index is 725. The molecule has 1 saturated carbocycles. The lowest BCUT2D eigenvalue weighted by Crippen LogP contribution is -2.37. The van der Waals surface area contributed by atoms with Crippen molar-refractivity contribution in [2.75, 3.05) is 0 Å². The van der Waals surface area contributed by atoms with Crippen LogP contribution >= 0.6 is 0 Å². The van der Waals surface area contributed by atoms with Crippen LogP contribution in [0.1, 0.15) is 53.4 Å². The van der Waals surface area contributed by atoms with Crippen LogP contribution in [-0.2, 0) is 17.6 Å². The fraction of sp³-hybridized carbons (Fsp3) is 0.474. The molecule has 1 amide bonds. The summed E-state index contributed by atoms with van der Waals surface area (Å²) in [6.07, 6.45) is 4.90. The van der Waals surface area contributed by atoms with Gasteiger partial charge in [-0.15, -0.1) is 0 Å². The van der Waals surface area contributed by atoms with Crippen molar-refractivity contribution in [3.63, 3.8) is 0 Å². The summed E-state index contributed by atoms with van der Waals surface area (Å²) in [5.74, 6) is 0.252. The first kappa shape index (κ1) is 14.5. The molecule has 2 aromatic rings. The van der Waals surface area contributed by atoms with Gasteiger partial charge in [-0.25, -0.2) is 0 Å². The number of hydrogen-bond acceptors (Lipinski definition) is 2. The van der Waals surface area contributed by atoms with Crippen LogP contribution < -0.4 is 0 Å². The maximum Gasteiger partial charge on any atom is 0.227 e. The largest absolute Gasteiger partial charge is 0.332 e. The number of benzene rings is 1. The van der Waals surface area contributed by atoms with E-state index < -0.39 is 0 Å². The minimum atomic E-state index is 0.252. The average molecular weight is 309 g/mol. The highest BCUT2D eigenvalue weighted by molar-refractivity contribution is 5.80. The number of hydrogen-bond donors (Lipinski definition) is 1. The molecule has 0 bridgehead atoms. The molecule has 0 saturated heterocycles. The van der Waals surface area contributed by atoms with Crippen LogP contribution in [0.3, 0.4) is 0 Å². The number of aromatic amines is 1. The summed E-state index contributed by atoms with van der Waals surface area (Å²) in [6.45, 7) is 3.97. The molecule has 1 aromatic carbocycles. The summed E-state index contributed by atoms with van der Waals surface area (Å²) < 4.78 is 0. The molecule has 0 aliphatic heterocycles. The highest BCUT2D eigenvalue weighted by Gasteiger charge is 2.40. The second kappa shape index (κ2) is 5.52. The van der Waals surface area contributed by atoms with Crippen LogP contribution in [0, 0.1) is 13.8 Å². The van der Waals surface area contributed by atoms with E-state index in [2.05, 4.69) is 39.4 Å². The SMILES string of the molecule is Cc1n[nH]c(C)c1CC(=O)N(C1CC1)C1CCc2ccccc21. The molecule has 120 valence electrons. The van der Waals surface area contributed by atoms with Gasteiger partial charge in [0, 0.05) is 17.3 Å². The standard InChI is InChI=1S/C19H23N3O/c1-12-17(13(2)21-20-12)11-19(23)22(15-8-9-15)18-10-7-14-5-3-4-6-16(14)18/h3-6,15,18H,7-11H2,1-2H3,(H,20,21). The van der Waals surface area contributed by atoms with Crippen LogP contribution in [0.25, 0.3) is 0 Å². The number of aryl methyl sites for hydroxylation is 3. The molecule has 0 radical (unpaired) electrons. The van der Waals surface area contributed by atoms with E-state index in [0.29, 0.717) is 12.5 Å².